The molecule has 12 heavy (non-hydrogen) atoms. The summed E-state index contributed by atoms with van der Waals surface area (Å²) in [5.41, 5.74) is 1.37. The molecule has 0 amide bonds. The van der Waals surface area contributed by atoms with Gasteiger partial charge in [-0.2, -0.15) is 0 Å². The molecule has 0 unspecified atom stereocenters. The first-order chi connectivity index (χ1) is 5.39. The van der Waals surface area contributed by atoms with E-state index >= 15 is 0 Å². The molecule has 0 N–H and O–H groups in total. The van der Waals surface area contributed by atoms with E-state index in [9.17, 15) is 4.79 Å². The summed E-state index contributed by atoms with van der Waals surface area (Å²) in [6.45, 7) is 7.93. The first-order valence-corrected chi connectivity index (χ1v) is 4.32. The standard InChI is InChI=1S/C10H17NO/c1-10(2,3)8-5-9(12)7-11(4)6-8/h5H,6-7H2,1-4H3. The van der Waals surface area contributed by atoms with Crippen LogP contribution < -0.4 is 0 Å². The third-order valence-corrected chi connectivity index (χ3v) is 2.16. The van der Waals surface area contributed by atoms with Gasteiger partial charge in [-0.3, -0.25) is 9.69 Å². The number of rotatable bonds is 0. The topological polar surface area (TPSA) is 20.3 Å². The molecule has 0 saturated carbocycles. The van der Waals surface area contributed by atoms with Gasteiger partial charge in [0, 0.05) is 6.54 Å². The molecule has 1 rings (SSSR count). The van der Waals surface area contributed by atoms with Gasteiger partial charge in [0.25, 0.3) is 0 Å². The predicted octanol–water partition coefficient (Wildman–Crippen LogP) is 1.47. The van der Waals surface area contributed by atoms with Crippen LogP contribution in [0.2, 0.25) is 0 Å². The Morgan fingerprint density at radius 2 is 1.92 bits per heavy atom. The lowest BCUT2D eigenvalue weighted by Gasteiger charge is -2.30. The van der Waals surface area contributed by atoms with Gasteiger partial charge >= 0.3 is 0 Å². The summed E-state index contributed by atoms with van der Waals surface area (Å²) in [6.07, 6.45) is 1.81. The predicted molar refractivity (Wildman–Crippen MR) is 50.0 cm³/mol. The first kappa shape index (κ1) is 9.46. The molecule has 68 valence electrons. The monoisotopic (exact) mass is 167 g/mol. The molecule has 0 aromatic carbocycles. The summed E-state index contributed by atoms with van der Waals surface area (Å²) < 4.78 is 0. The number of likely N-dealkylation sites (N-methyl/N-ethyl adjacent to an activating group) is 1. The fourth-order valence-corrected chi connectivity index (χ4v) is 1.35. The van der Waals surface area contributed by atoms with Crippen molar-refractivity contribution in [1.82, 2.24) is 4.90 Å². The Kier molecular flexibility index (Phi) is 2.38. The third kappa shape index (κ3) is 2.18. The van der Waals surface area contributed by atoms with Gasteiger partial charge in [0.1, 0.15) is 0 Å². The van der Waals surface area contributed by atoms with E-state index in [0.29, 0.717) is 6.54 Å². The van der Waals surface area contributed by atoms with Crippen LogP contribution in [-0.4, -0.2) is 30.8 Å². The van der Waals surface area contributed by atoms with Crippen LogP contribution in [0.15, 0.2) is 11.6 Å². The number of ketones is 1. The fraction of sp³-hybridized carbons (Fsp3) is 0.700. The van der Waals surface area contributed by atoms with Gasteiger partial charge in [0.2, 0.25) is 0 Å². The summed E-state index contributed by atoms with van der Waals surface area (Å²) in [4.78, 5) is 13.3. The molecular weight excluding hydrogens is 150 g/mol. The van der Waals surface area contributed by atoms with E-state index in [1.807, 2.05) is 7.05 Å². The molecule has 0 aromatic rings. The molecule has 0 saturated heterocycles. The van der Waals surface area contributed by atoms with E-state index in [4.69, 9.17) is 0 Å². The molecule has 0 aromatic heterocycles. The average Bonchev–Trinajstić information content (AvgIpc) is 1.82. The SMILES string of the molecule is CN1CC(=O)C=C(C(C)(C)C)C1. The van der Waals surface area contributed by atoms with Gasteiger partial charge in [0.05, 0.1) is 6.54 Å². The maximum Gasteiger partial charge on any atom is 0.169 e. The number of hydrogen-bond donors (Lipinski definition) is 0. The number of carbonyl (C=O) groups excluding carboxylic acids is 1. The zero-order valence-electron chi connectivity index (χ0n) is 8.35. The molecule has 0 radical (unpaired) electrons. The minimum absolute atomic E-state index is 0.129. The fourth-order valence-electron chi connectivity index (χ4n) is 1.35. The summed E-state index contributed by atoms with van der Waals surface area (Å²) in [7, 11) is 1.98. The largest absolute Gasteiger partial charge is 0.295 e. The van der Waals surface area contributed by atoms with Crippen LogP contribution in [0, 0.1) is 5.41 Å². The smallest absolute Gasteiger partial charge is 0.169 e. The summed E-state index contributed by atoms with van der Waals surface area (Å²) in [6, 6.07) is 0. The normalized spacial score (nSPS) is 21.0. The van der Waals surface area contributed by atoms with Crippen molar-refractivity contribution in [1.29, 1.82) is 0 Å². The van der Waals surface area contributed by atoms with Crippen molar-refractivity contribution in [2.45, 2.75) is 20.8 Å². The highest BCUT2D eigenvalue weighted by atomic mass is 16.1. The summed E-state index contributed by atoms with van der Waals surface area (Å²) >= 11 is 0. The lowest BCUT2D eigenvalue weighted by atomic mass is 9.84. The molecule has 0 fully saturated rings. The molecule has 0 atom stereocenters. The van der Waals surface area contributed by atoms with Crippen LogP contribution in [0.25, 0.3) is 0 Å². The van der Waals surface area contributed by atoms with E-state index in [2.05, 4.69) is 25.7 Å². The minimum Gasteiger partial charge on any atom is -0.295 e. The van der Waals surface area contributed by atoms with Crippen LogP contribution >= 0.6 is 0 Å². The van der Waals surface area contributed by atoms with Gasteiger partial charge in [-0.05, 0) is 24.1 Å². The maximum absolute atomic E-state index is 11.2. The second-order valence-corrected chi connectivity index (χ2v) is 4.56. The molecule has 0 aliphatic carbocycles. The van der Waals surface area contributed by atoms with E-state index in [0.717, 1.165) is 6.54 Å². The highest BCUT2D eigenvalue weighted by Gasteiger charge is 2.23. The zero-order valence-corrected chi connectivity index (χ0v) is 8.35. The van der Waals surface area contributed by atoms with Crippen molar-refractivity contribution >= 4 is 5.78 Å². The van der Waals surface area contributed by atoms with E-state index in [-0.39, 0.29) is 11.2 Å². The molecule has 1 aliphatic rings. The van der Waals surface area contributed by atoms with Gasteiger partial charge in [-0.25, -0.2) is 0 Å². The average molecular weight is 167 g/mol. The number of hydrogen-bond acceptors (Lipinski definition) is 2. The highest BCUT2D eigenvalue weighted by molar-refractivity contribution is 5.93. The maximum atomic E-state index is 11.2. The van der Waals surface area contributed by atoms with Crippen LogP contribution in [0.1, 0.15) is 20.8 Å². The van der Waals surface area contributed by atoms with Crippen LogP contribution in [0.5, 0.6) is 0 Å². The van der Waals surface area contributed by atoms with E-state index in [1.54, 1.807) is 6.08 Å². The van der Waals surface area contributed by atoms with Crippen molar-refractivity contribution in [2.75, 3.05) is 20.1 Å². The van der Waals surface area contributed by atoms with Crippen molar-refractivity contribution in [3.63, 3.8) is 0 Å². The Balaban J connectivity index is 2.84. The van der Waals surface area contributed by atoms with Crippen LogP contribution in [0.4, 0.5) is 0 Å². The second-order valence-electron chi connectivity index (χ2n) is 4.56. The quantitative estimate of drug-likeness (QED) is 0.544. The Labute approximate surface area is 74.2 Å². The third-order valence-electron chi connectivity index (χ3n) is 2.16. The lowest BCUT2D eigenvalue weighted by molar-refractivity contribution is -0.116. The van der Waals surface area contributed by atoms with Crippen molar-refractivity contribution in [3.8, 4) is 0 Å². The lowest BCUT2D eigenvalue weighted by Crippen LogP contribution is -2.35. The minimum atomic E-state index is 0.129. The van der Waals surface area contributed by atoms with Gasteiger partial charge in [-0.15, -0.1) is 0 Å². The van der Waals surface area contributed by atoms with Gasteiger partial charge in [-0.1, -0.05) is 20.8 Å². The van der Waals surface area contributed by atoms with Crippen molar-refractivity contribution < 1.29 is 4.79 Å². The molecule has 2 heteroatoms. The van der Waals surface area contributed by atoms with Crippen molar-refractivity contribution in [2.24, 2.45) is 5.41 Å². The summed E-state index contributed by atoms with van der Waals surface area (Å²) in [5, 5.41) is 0. The molecule has 0 bridgehead atoms. The van der Waals surface area contributed by atoms with Gasteiger partial charge < -0.3 is 0 Å². The highest BCUT2D eigenvalue weighted by Crippen LogP contribution is 2.27. The Bertz CT molecular complexity index is 222. The Hall–Kier alpha value is -0.630. The van der Waals surface area contributed by atoms with Crippen LogP contribution in [0.3, 0.4) is 0 Å². The van der Waals surface area contributed by atoms with Crippen molar-refractivity contribution in [3.05, 3.63) is 11.6 Å². The van der Waals surface area contributed by atoms with Gasteiger partial charge in [0.15, 0.2) is 5.78 Å². The zero-order chi connectivity index (χ0) is 9.35. The molecule has 1 aliphatic heterocycles. The molecule has 0 spiro atoms. The molecular formula is C10H17NO. The van der Waals surface area contributed by atoms with E-state index < -0.39 is 0 Å². The number of nitrogens with zero attached hydrogens (tertiary/aromatic N) is 1. The molecule has 1 heterocycles. The Morgan fingerprint density at radius 3 is 2.33 bits per heavy atom. The number of carbonyl (C=O) groups is 1. The second kappa shape index (κ2) is 3.02. The summed E-state index contributed by atoms with van der Waals surface area (Å²) in [5.74, 6) is 0.230. The van der Waals surface area contributed by atoms with E-state index in [1.165, 1.54) is 5.57 Å². The van der Waals surface area contributed by atoms with Crippen LogP contribution in [-0.2, 0) is 4.79 Å². The Morgan fingerprint density at radius 1 is 1.33 bits per heavy atom. The first-order valence-electron chi connectivity index (χ1n) is 4.32. The molecule has 2 nitrogen and oxygen atoms in total.